The number of esters is 1. The molecule has 8 heteroatoms. The van der Waals surface area contributed by atoms with E-state index < -0.39 is 25.1 Å². The number of para-hydroxylation sites is 1. The number of carbonyl (C=O) groups is 2. The summed E-state index contributed by atoms with van der Waals surface area (Å²) in [7, 11) is 1.54. The highest BCUT2D eigenvalue weighted by molar-refractivity contribution is 5.81. The van der Waals surface area contributed by atoms with Crippen molar-refractivity contribution in [1.82, 2.24) is 5.32 Å². The fourth-order valence-electron chi connectivity index (χ4n) is 2.25. The highest BCUT2D eigenvalue weighted by Crippen LogP contribution is 2.17. The minimum atomic E-state index is -2.91. The van der Waals surface area contributed by atoms with Gasteiger partial charge in [0.25, 0.3) is 5.91 Å². The molecule has 0 heterocycles. The van der Waals surface area contributed by atoms with E-state index in [0.29, 0.717) is 11.3 Å². The molecule has 1 N–H and O–H groups in total. The number of hydrogen-bond donors (Lipinski definition) is 1. The van der Waals surface area contributed by atoms with Crippen LogP contribution in [0.15, 0.2) is 48.5 Å². The van der Waals surface area contributed by atoms with E-state index >= 15 is 0 Å². The zero-order valence-corrected chi connectivity index (χ0v) is 14.6. The van der Waals surface area contributed by atoms with Gasteiger partial charge in [-0.1, -0.05) is 30.3 Å². The lowest BCUT2D eigenvalue weighted by molar-refractivity contribution is -0.147. The summed E-state index contributed by atoms with van der Waals surface area (Å²) in [5.41, 5.74) is 1.35. The molecular weight excluding hydrogens is 360 g/mol. The smallest absolute Gasteiger partial charge is 0.387 e. The number of rotatable bonds is 9. The molecule has 0 atom stereocenters. The van der Waals surface area contributed by atoms with E-state index in [1.54, 1.807) is 6.07 Å². The van der Waals surface area contributed by atoms with E-state index in [9.17, 15) is 18.4 Å². The minimum absolute atomic E-state index is 0.00200. The first-order valence-electron chi connectivity index (χ1n) is 8.06. The van der Waals surface area contributed by atoms with Crippen LogP contribution in [0.3, 0.4) is 0 Å². The normalized spacial score (nSPS) is 10.4. The van der Waals surface area contributed by atoms with Crippen molar-refractivity contribution in [2.24, 2.45) is 0 Å². The Balaban J connectivity index is 1.74. The Labute approximate surface area is 155 Å². The lowest BCUT2D eigenvalue weighted by atomic mass is 10.1. The highest BCUT2D eigenvalue weighted by atomic mass is 19.3. The fraction of sp³-hybridized carbons (Fsp3) is 0.263. The van der Waals surface area contributed by atoms with E-state index in [-0.39, 0.29) is 18.7 Å². The van der Waals surface area contributed by atoms with Gasteiger partial charge in [-0.2, -0.15) is 8.78 Å². The average Bonchev–Trinajstić information content (AvgIpc) is 2.66. The molecule has 0 fully saturated rings. The van der Waals surface area contributed by atoms with E-state index in [1.807, 2.05) is 18.2 Å². The van der Waals surface area contributed by atoms with Crippen LogP contribution >= 0.6 is 0 Å². The monoisotopic (exact) mass is 379 g/mol. The number of nitrogens with one attached hydrogen (secondary N) is 1. The molecule has 0 aliphatic heterocycles. The number of halogens is 2. The molecule has 2 rings (SSSR count). The van der Waals surface area contributed by atoms with Crippen LogP contribution in [0.5, 0.6) is 11.5 Å². The number of benzene rings is 2. The molecule has 0 saturated carbocycles. The molecule has 0 aromatic heterocycles. The molecule has 27 heavy (non-hydrogen) atoms. The number of alkyl halides is 2. The van der Waals surface area contributed by atoms with Gasteiger partial charge in [0.05, 0.1) is 13.5 Å². The van der Waals surface area contributed by atoms with E-state index in [1.165, 1.54) is 31.4 Å². The van der Waals surface area contributed by atoms with Crippen molar-refractivity contribution in [3.63, 3.8) is 0 Å². The Morgan fingerprint density at radius 1 is 1.07 bits per heavy atom. The molecule has 6 nitrogen and oxygen atoms in total. The molecule has 0 aliphatic carbocycles. The van der Waals surface area contributed by atoms with Crippen LogP contribution < -0.4 is 14.8 Å². The van der Waals surface area contributed by atoms with Crippen molar-refractivity contribution in [3.05, 3.63) is 59.7 Å². The van der Waals surface area contributed by atoms with Gasteiger partial charge in [0, 0.05) is 12.1 Å². The van der Waals surface area contributed by atoms with Crippen LogP contribution in [0, 0.1) is 0 Å². The molecule has 0 saturated heterocycles. The van der Waals surface area contributed by atoms with Gasteiger partial charge in [0.1, 0.15) is 11.5 Å². The van der Waals surface area contributed by atoms with Crippen LogP contribution in [-0.4, -0.2) is 32.2 Å². The van der Waals surface area contributed by atoms with Crippen molar-refractivity contribution in [3.8, 4) is 11.5 Å². The van der Waals surface area contributed by atoms with Crippen molar-refractivity contribution >= 4 is 11.9 Å². The van der Waals surface area contributed by atoms with Crippen LogP contribution in [0.1, 0.15) is 11.1 Å². The maximum absolute atomic E-state index is 12.1. The summed E-state index contributed by atoms with van der Waals surface area (Å²) in [4.78, 5) is 23.6. The van der Waals surface area contributed by atoms with E-state index in [2.05, 4.69) is 10.1 Å². The molecule has 0 spiro atoms. The van der Waals surface area contributed by atoms with Crippen molar-refractivity contribution in [2.45, 2.75) is 19.6 Å². The first-order valence-corrected chi connectivity index (χ1v) is 8.06. The van der Waals surface area contributed by atoms with Crippen LogP contribution in [-0.2, 0) is 27.3 Å². The van der Waals surface area contributed by atoms with E-state index in [4.69, 9.17) is 9.47 Å². The fourth-order valence-corrected chi connectivity index (χ4v) is 2.25. The van der Waals surface area contributed by atoms with Gasteiger partial charge in [0.2, 0.25) is 0 Å². The van der Waals surface area contributed by atoms with Crippen LogP contribution in [0.4, 0.5) is 8.78 Å². The first kappa shape index (κ1) is 20.2. The van der Waals surface area contributed by atoms with Gasteiger partial charge in [-0.15, -0.1) is 0 Å². The third-order valence-corrected chi connectivity index (χ3v) is 3.53. The molecule has 144 valence electrons. The summed E-state index contributed by atoms with van der Waals surface area (Å²) >= 11 is 0. The third kappa shape index (κ3) is 6.93. The lowest BCUT2D eigenvalue weighted by Gasteiger charge is -2.10. The molecular formula is C19H19F2NO5. The maximum Gasteiger partial charge on any atom is 0.387 e. The molecule has 0 bridgehead atoms. The molecule has 0 unspecified atom stereocenters. The summed E-state index contributed by atoms with van der Waals surface area (Å²) in [6, 6.07) is 12.8. The topological polar surface area (TPSA) is 73.9 Å². The Kier molecular flexibility index (Phi) is 7.54. The van der Waals surface area contributed by atoms with Crippen molar-refractivity contribution in [2.75, 3.05) is 13.7 Å². The first-order chi connectivity index (χ1) is 13.0. The van der Waals surface area contributed by atoms with Gasteiger partial charge in [-0.25, -0.2) is 0 Å². The number of carbonyl (C=O) groups excluding carboxylic acids is 2. The van der Waals surface area contributed by atoms with Crippen molar-refractivity contribution < 1.29 is 32.6 Å². The summed E-state index contributed by atoms with van der Waals surface area (Å²) in [6.07, 6.45) is -0.0885. The SMILES string of the molecule is COc1ccccc1CNC(=O)COC(=O)Cc1ccc(OC(F)F)cc1. The number of ether oxygens (including phenoxy) is 3. The third-order valence-electron chi connectivity index (χ3n) is 3.53. The second-order valence-electron chi connectivity index (χ2n) is 5.45. The predicted molar refractivity (Wildman–Crippen MR) is 92.6 cm³/mol. The van der Waals surface area contributed by atoms with Crippen molar-refractivity contribution in [1.29, 1.82) is 0 Å². The summed E-state index contributed by atoms with van der Waals surface area (Å²) in [6.45, 7) is -3.08. The lowest BCUT2D eigenvalue weighted by Crippen LogP contribution is -2.28. The van der Waals surface area contributed by atoms with Gasteiger partial charge in [0.15, 0.2) is 6.61 Å². The number of methoxy groups -OCH3 is 1. The second kappa shape index (κ2) is 10.1. The summed E-state index contributed by atoms with van der Waals surface area (Å²) in [5, 5.41) is 2.63. The highest BCUT2D eigenvalue weighted by Gasteiger charge is 2.10. The second-order valence-corrected chi connectivity index (χ2v) is 5.45. The number of amides is 1. The largest absolute Gasteiger partial charge is 0.496 e. The zero-order valence-electron chi connectivity index (χ0n) is 14.6. The molecule has 2 aromatic carbocycles. The summed E-state index contributed by atoms with van der Waals surface area (Å²) in [5.74, 6) is -0.410. The molecule has 2 aromatic rings. The average molecular weight is 379 g/mol. The Bertz CT molecular complexity index is 765. The Morgan fingerprint density at radius 2 is 1.78 bits per heavy atom. The molecule has 0 aliphatic rings. The molecule has 1 amide bonds. The Morgan fingerprint density at radius 3 is 2.44 bits per heavy atom. The van der Waals surface area contributed by atoms with Gasteiger partial charge in [-0.05, 0) is 23.8 Å². The maximum atomic E-state index is 12.1. The summed E-state index contributed by atoms with van der Waals surface area (Å²) < 4.78 is 38.5. The van der Waals surface area contributed by atoms with Crippen LogP contribution in [0.25, 0.3) is 0 Å². The predicted octanol–water partition coefficient (Wildman–Crippen LogP) is 2.70. The molecule has 0 radical (unpaired) electrons. The Hall–Kier alpha value is -3.16. The minimum Gasteiger partial charge on any atom is -0.496 e. The zero-order chi connectivity index (χ0) is 19.6. The van der Waals surface area contributed by atoms with Gasteiger partial charge >= 0.3 is 12.6 Å². The van der Waals surface area contributed by atoms with Gasteiger partial charge < -0.3 is 19.5 Å². The quantitative estimate of drug-likeness (QED) is 0.678. The standard InChI is InChI=1S/C19H19F2NO5/c1-25-16-5-3-2-4-14(16)11-22-17(23)12-26-18(24)10-13-6-8-15(9-7-13)27-19(20)21/h2-9,19H,10-12H2,1H3,(H,22,23). The van der Waals surface area contributed by atoms with E-state index in [0.717, 1.165) is 5.56 Å². The van der Waals surface area contributed by atoms with Gasteiger partial charge in [-0.3, -0.25) is 9.59 Å². The van der Waals surface area contributed by atoms with Crippen LogP contribution in [0.2, 0.25) is 0 Å². The number of hydrogen-bond acceptors (Lipinski definition) is 5.